The van der Waals surface area contributed by atoms with E-state index in [-0.39, 0.29) is 5.95 Å². The van der Waals surface area contributed by atoms with Gasteiger partial charge in [-0.2, -0.15) is 9.97 Å². The van der Waals surface area contributed by atoms with Crippen LogP contribution < -0.4 is 15.8 Å². The van der Waals surface area contributed by atoms with Gasteiger partial charge in [-0.25, -0.2) is 0 Å². The molecule has 0 aromatic carbocycles. The number of nitrogens with zero attached hydrogens (tertiary/aromatic N) is 2. The molecule has 0 aliphatic heterocycles. The van der Waals surface area contributed by atoms with Crippen molar-refractivity contribution in [2.24, 2.45) is 5.92 Å². The van der Waals surface area contributed by atoms with Crippen LogP contribution in [0, 0.1) is 5.92 Å². The largest absolute Gasteiger partial charge is 0.481 e. The highest BCUT2D eigenvalue weighted by atomic mass is 16.5. The third kappa shape index (κ3) is 3.48. The Morgan fingerprint density at radius 1 is 1.28 bits per heavy atom. The number of anilines is 2. The van der Waals surface area contributed by atoms with Crippen molar-refractivity contribution < 1.29 is 4.74 Å². The van der Waals surface area contributed by atoms with Crippen molar-refractivity contribution in [3.8, 4) is 5.88 Å². The van der Waals surface area contributed by atoms with Gasteiger partial charge in [-0.15, -0.1) is 0 Å². The number of nitrogen functional groups attached to an aromatic ring is 1. The number of methoxy groups -OCH3 is 1. The Morgan fingerprint density at radius 3 is 2.89 bits per heavy atom. The van der Waals surface area contributed by atoms with E-state index in [1.54, 1.807) is 13.2 Å². The second kappa shape index (κ2) is 5.89. The zero-order valence-electron chi connectivity index (χ0n) is 11.1. The Balaban J connectivity index is 2.01. The second-order valence-electron chi connectivity index (χ2n) is 5.11. The summed E-state index contributed by atoms with van der Waals surface area (Å²) >= 11 is 0. The number of aromatic nitrogens is 2. The van der Waals surface area contributed by atoms with E-state index in [2.05, 4.69) is 22.2 Å². The van der Waals surface area contributed by atoms with Crippen molar-refractivity contribution in [3.63, 3.8) is 0 Å². The summed E-state index contributed by atoms with van der Waals surface area (Å²) in [7, 11) is 1.58. The fourth-order valence-corrected chi connectivity index (χ4v) is 2.46. The van der Waals surface area contributed by atoms with Crippen molar-refractivity contribution in [1.82, 2.24) is 9.97 Å². The molecule has 0 amide bonds. The molecule has 2 rings (SSSR count). The molecule has 0 bridgehead atoms. The maximum absolute atomic E-state index is 5.65. The van der Waals surface area contributed by atoms with Crippen molar-refractivity contribution >= 4 is 11.8 Å². The summed E-state index contributed by atoms with van der Waals surface area (Å²) in [6.07, 6.45) is 6.25. The number of nitrogens with one attached hydrogen (secondary N) is 1. The van der Waals surface area contributed by atoms with Crippen LogP contribution in [0.4, 0.5) is 11.8 Å². The zero-order valence-corrected chi connectivity index (χ0v) is 11.1. The molecule has 1 heterocycles. The van der Waals surface area contributed by atoms with Crippen LogP contribution in [0.2, 0.25) is 0 Å². The van der Waals surface area contributed by atoms with Gasteiger partial charge < -0.3 is 15.8 Å². The number of rotatable bonds is 3. The van der Waals surface area contributed by atoms with Gasteiger partial charge in [-0.05, 0) is 25.2 Å². The predicted molar refractivity (Wildman–Crippen MR) is 72.7 cm³/mol. The van der Waals surface area contributed by atoms with Gasteiger partial charge in [0.25, 0.3) is 0 Å². The van der Waals surface area contributed by atoms with Crippen LogP contribution in [0.15, 0.2) is 6.07 Å². The van der Waals surface area contributed by atoms with Gasteiger partial charge in [-0.1, -0.05) is 19.8 Å². The van der Waals surface area contributed by atoms with Crippen molar-refractivity contribution in [3.05, 3.63) is 6.07 Å². The zero-order chi connectivity index (χ0) is 13.0. The highest BCUT2D eigenvalue weighted by molar-refractivity contribution is 5.43. The van der Waals surface area contributed by atoms with E-state index in [9.17, 15) is 0 Å². The molecule has 1 aliphatic rings. The lowest BCUT2D eigenvalue weighted by Gasteiger charge is -2.17. The average molecular weight is 250 g/mol. The van der Waals surface area contributed by atoms with Crippen molar-refractivity contribution in [2.45, 2.75) is 45.1 Å². The van der Waals surface area contributed by atoms with E-state index in [0.29, 0.717) is 11.9 Å². The molecule has 2 unspecified atom stereocenters. The maximum atomic E-state index is 5.65. The highest BCUT2D eigenvalue weighted by Gasteiger charge is 2.16. The Bertz CT molecular complexity index is 397. The minimum absolute atomic E-state index is 0.249. The predicted octanol–water partition coefficient (Wildman–Crippen LogP) is 2.45. The van der Waals surface area contributed by atoms with Gasteiger partial charge in [-0.3, -0.25) is 0 Å². The molecule has 1 aliphatic carbocycles. The lowest BCUT2D eigenvalue weighted by atomic mass is 10.0. The van der Waals surface area contributed by atoms with Crippen LogP contribution in [0.25, 0.3) is 0 Å². The molecule has 5 nitrogen and oxygen atoms in total. The molecule has 3 N–H and O–H groups in total. The fraction of sp³-hybridized carbons (Fsp3) is 0.692. The molecule has 18 heavy (non-hydrogen) atoms. The Hall–Kier alpha value is -1.52. The van der Waals surface area contributed by atoms with Crippen LogP contribution in [0.1, 0.15) is 39.0 Å². The van der Waals surface area contributed by atoms with E-state index in [1.165, 1.54) is 32.1 Å². The van der Waals surface area contributed by atoms with Gasteiger partial charge in [0.1, 0.15) is 5.82 Å². The van der Waals surface area contributed by atoms with Gasteiger partial charge in [0.15, 0.2) is 0 Å². The smallest absolute Gasteiger partial charge is 0.225 e. The molecule has 0 radical (unpaired) electrons. The van der Waals surface area contributed by atoms with E-state index >= 15 is 0 Å². The quantitative estimate of drug-likeness (QED) is 0.806. The summed E-state index contributed by atoms with van der Waals surface area (Å²) in [6, 6.07) is 2.28. The molecule has 0 spiro atoms. The van der Waals surface area contributed by atoms with Gasteiger partial charge in [0, 0.05) is 12.1 Å². The van der Waals surface area contributed by atoms with Crippen LogP contribution >= 0.6 is 0 Å². The average Bonchev–Trinajstić information content (AvgIpc) is 2.54. The molecule has 1 aromatic heterocycles. The summed E-state index contributed by atoms with van der Waals surface area (Å²) < 4.78 is 5.10. The molecule has 5 heteroatoms. The van der Waals surface area contributed by atoms with Gasteiger partial charge >= 0.3 is 0 Å². The molecule has 2 atom stereocenters. The summed E-state index contributed by atoms with van der Waals surface area (Å²) in [4.78, 5) is 8.18. The lowest BCUT2D eigenvalue weighted by Crippen LogP contribution is -2.19. The number of hydrogen-bond donors (Lipinski definition) is 2. The van der Waals surface area contributed by atoms with Crippen molar-refractivity contribution in [2.75, 3.05) is 18.2 Å². The molecule has 1 aromatic rings. The standard InChI is InChI=1S/C13H22N4O/c1-9-4-3-5-10(7-6-9)15-11-8-12(18-2)17-13(14)16-11/h8-10H,3-7H2,1-2H3,(H3,14,15,16,17). The van der Waals surface area contributed by atoms with E-state index in [4.69, 9.17) is 10.5 Å². The lowest BCUT2D eigenvalue weighted by molar-refractivity contribution is 0.398. The number of nitrogens with two attached hydrogens (primary N) is 1. The first-order chi connectivity index (χ1) is 8.67. The minimum Gasteiger partial charge on any atom is -0.481 e. The summed E-state index contributed by atoms with van der Waals surface area (Å²) in [5, 5.41) is 3.45. The van der Waals surface area contributed by atoms with Crippen LogP contribution in [-0.2, 0) is 0 Å². The van der Waals surface area contributed by atoms with Crippen LogP contribution in [0.5, 0.6) is 5.88 Å². The summed E-state index contributed by atoms with van der Waals surface area (Å²) in [6.45, 7) is 2.33. The first-order valence-electron chi connectivity index (χ1n) is 6.62. The summed E-state index contributed by atoms with van der Waals surface area (Å²) in [5.41, 5.74) is 5.65. The molecule has 1 fully saturated rings. The Morgan fingerprint density at radius 2 is 2.11 bits per heavy atom. The van der Waals surface area contributed by atoms with Crippen molar-refractivity contribution in [1.29, 1.82) is 0 Å². The first kappa shape index (κ1) is 12.9. The third-order valence-corrected chi connectivity index (χ3v) is 3.54. The molecule has 100 valence electrons. The summed E-state index contributed by atoms with van der Waals surface area (Å²) in [5.74, 6) is 2.35. The van der Waals surface area contributed by atoms with E-state index in [0.717, 1.165) is 11.7 Å². The SMILES string of the molecule is COc1cc(NC2CCCC(C)CC2)nc(N)n1. The Kier molecular flexibility index (Phi) is 4.23. The first-order valence-corrected chi connectivity index (χ1v) is 6.62. The topological polar surface area (TPSA) is 73.1 Å². The van der Waals surface area contributed by atoms with Crippen LogP contribution in [0.3, 0.4) is 0 Å². The number of hydrogen-bond acceptors (Lipinski definition) is 5. The molecule has 1 saturated carbocycles. The maximum Gasteiger partial charge on any atom is 0.225 e. The normalized spacial score (nSPS) is 24.3. The van der Waals surface area contributed by atoms with Gasteiger partial charge in [0.05, 0.1) is 7.11 Å². The second-order valence-corrected chi connectivity index (χ2v) is 5.11. The molecular weight excluding hydrogens is 228 g/mol. The molecule has 0 saturated heterocycles. The Labute approximate surface area is 108 Å². The highest BCUT2D eigenvalue weighted by Crippen LogP contribution is 2.25. The van der Waals surface area contributed by atoms with Crippen LogP contribution in [-0.4, -0.2) is 23.1 Å². The van der Waals surface area contributed by atoms with Gasteiger partial charge in [0.2, 0.25) is 11.8 Å². The number of ether oxygens (including phenoxy) is 1. The van der Waals surface area contributed by atoms with E-state index in [1.807, 2.05) is 0 Å². The fourth-order valence-electron chi connectivity index (χ4n) is 2.46. The molecular formula is C13H22N4O. The monoisotopic (exact) mass is 250 g/mol. The van der Waals surface area contributed by atoms with E-state index < -0.39 is 0 Å². The minimum atomic E-state index is 0.249. The third-order valence-electron chi connectivity index (χ3n) is 3.54.